The summed E-state index contributed by atoms with van der Waals surface area (Å²) >= 11 is 7.55. The normalized spacial score (nSPS) is 11.6. The lowest BCUT2D eigenvalue weighted by atomic mass is 9.92. The van der Waals surface area contributed by atoms with Crippen LogP contribution in [0, 0.1) is 6.92 Å². The van der Waals surface area contributed by atoms with Crippen molar-refractivity contribution in [2.24, 2.45) is 0 Å². The molecule has 0 unspecified atom stereocenters. The number of nitrogens with zero attached hydrogens (tertiary/aromatic N) is 3. The maximum atomic E-state index is 12.7. The molecule has 2 heterocycles. The van der Waals surface area contributed by atoms with E-state index in [1.54, 1.807) is 0 Å². The van der Waals surface area contributed by atoms with Gasteiger partial charge >= 0.3 is 0 Å². The predicted molar refractivity (Wildman–Crippen MR) is 144 cm³/mol. The Morgan fingerprint density at radius 1 is 1.11 bits per heavy atom. The summed E-state index contributed by atoms with van der Waals surface area (Å²) in [6.45, 7) is 10.9. The number of amides is 1. The zero-order valence-corrected chi connectivity index (χ0v) is 22.1. The summed E-state index contributed by atoms with van der Waals surface area (Å²) in [6.07, 6.45) is 0. The van der Waals surface area contributed by atoms with Gasteiger partial charge in [-0.3, -0.25) is 4.79 Å². The van der Waals surface area contributed by atoms with Crippen LogP contribution in [0.2, 0.25) is 5.02 Å². The van der Waals surface area contributed by atoms with Gasteiger partial charge in [-0.25, -0.2) is 9.50 Å². The van der Waals surface area contributed by atoms with E-state index in [9.17, 15) is 4.79 Å². The van der Waals surface area contributed by atoms with Crippen molar-refractivity contribution < 1.29 is 9.53 Å². The SMILES string of the molecule is CCOc1ccc(NC(=O)CSc2cc(C(C)(C)C)nc3c(-c4ccc(Cl)cc4)c(C)nn23)cc1. The van der Waals surface area contributed by atoms with Crippen LogP contribution in [0.4, 0.5) is 5.69 Å². The monoisotopic (exact) mass is 508 g/mol. The lowest BCUT2D eigenvalue weighted by Gasteiger charge is -2.19. The standard InChI is InChI=1S/C27H29ClN4O2S/c1-6-34-21-13-11-20(12-14-21)29-23(33)16-35-24-15-22(27(3,4)5)30-26-25(17(2)31-32(24)26)18-7-9-19(28)10-8-18/h7-15H,6,16H2,1-5H3,(H,29,33). The second kappa shape index (κ2) is 10.3. The summed E-state index contributed by atoms with van der Waals surface area (Å²) in [7, 11) is 0. The fourth-order valence-electron chi connectivity index (χ4n) is 3.68. The van der Waals surface area contributed by atoms with E-state index in [0.29, 0.717) is 11.6 Å². The Balaban J connectivity index is 1.63. The number of fused-ring (bicyclic) bond motifs is 1. The van der Waals surface area contributed by atoms with Gasteiger partial charge in [0.05, 0.1) is 23.7 Å². The molecule has 0 atom stereocenters. The van der Waals surface area contributed by atoms with Gasteiger partial charge in [0.2, 0.25) is 5.91 Å². The third-order valence-electron chi connectivity index (χ3n) is 5.43. The van der Waals surface area contributed by atoms with Crippen LogP contribution in [0.1, 0.15) is 39.1 Å². The Bertz CT molecular complexity index is 1340. The van der Waals surface area contributed by atoms with E-state index in [0.717, 1.165) is 44.6 Å². The van der Waals surface area contributed by atoms with E-state index >= 15 is 0 Å². The maximum absolute atomic E-state index is 12.7. The Morgan fingerprint density at radius 3 is 2.43 bits per heavy atom. The van der Waals surface area contributed by atoms with Crippen molar-refractivity contribution in [3.8, 4) is 16.9 Å². The van der Waals surface area contributed by atoms with Gasteiger partial charge in [0.15, 0.2) is 5.65 Å². The molecule has 35 heavy (non-hydrogen) atoms. The Labute approximate surface area is 215 Å². The third kappa shape index (κ3) is 5.80. The van der Waals surface area contributed by atoms with Gasteiger partial charge < -0.3 is 10.1 Å². The van der Waals surface area contributed by atoms with E-state index in [4.69, 9.17) is 26.4 Å². The molecule has 0 radical (unpaired) electrons. The molecule has 0 spiro atoms. The highest BCUT2D eigenvalue weighted by Gasteiger charge is 2.23. The second-order valence-corrected chi connectivity index (χ2v) is 10.7. The summed E-state index contributed by atoms with van der Waals surface area (Å²) in [4.78, 5) is 17.7. The average Bonchev–Trinajstić information content (AvgIpc) is 3.15. The lowest BCUT2D eigenvalue weighted by Crippen LogP contribution is -2.17. The number of benzene rings is 2. The van der Waals surface area contributed by atoms with Crippen molar-refractivity contribution in [2.75, 3.05) is 17.7 Å². The fraction of sp³-hybridized carbons (Fsp3) is 0.296. The number of halogens is 1. The topological polar surface area (TPSA) is 68.5 Å². The smallest absolute Gasteiger partial charge is 0.234 e. The first-order valence-corrected chi connectivity index (χ1v) is 12.8. The van der Waals surface area contributed by atoms with Crippen LogP contribution in [0.5, 0.6) is 5.75 Å². The Morgan fingerprint density at radius 2 is 1.80 bits per heavy atom. The van der Waals surface area contributed by atoms with Crippen LogP contribution in [0.15, 0.2) is 59.6 Å². The molecule has 1 amide bonds. The summed E-state index contributed by atoms with van der Waals surface area (Å²) in [5, 5.41) is 9.28. The Kier molecular flexibility index (Phi) is 7.38. The highest BCUT2D eigenvalue weighted by atomic mass is 35.5. The summed E-state index contributed by atoms with van der Waals surface area (Å²) in [5.74, 6) is 0.924. The minimum atomic E-state index is -0.170. The van der Waals surface area contributed by atoms with Gasteiger partial charge in [0.1, 0.15) is 10.8 Å². The van der Waals surface area contributed by atoms with Gasteiger partial charge in [-0.05, 0) is 61.9 Å². The van der Waals surface area contributed by atoms with Crippen LogP contribution in [0.3, 0.4) is 0 Å². The van der Waals surface area contributed by atoms with E-state index < -0.39 is 0 Å². The molecule has 2 aromatic heterocycles. The van der Waals surface area contributed by atoms with E-state index in [-0.39, 0.29) is 17.1 Å². The number of carbonyl (C=O) groups excluding carboxylic acids is 1. The Hall–Kier alpha value is -3.03. The molecular weight excluding hydrogens is 480 g/mol. The van der Waals surface area contributed by atoms with Gasteiger partial charge in [0, 0.05) is 21.7 Å². The number of aryl methyl sites for hydroxylation is 1. The van der Waals surface area contributed by atoms with E-state index in [2.05, 4.69) is 26.1 Å². The summed E-state index contributed by atoms with van der Waals surface area (Å²) < 4.78 is 7.30. The minimum Gasteiger partial charge on any atom is -0.494 e. The average molecular weight is 509 g/mol. The molecule has 182 valence electrons. The molecule has 4 aromatic rings. The fourth-order valence-corrected chi connectivity index (χ4v) is 4.60. The van der Waals surface area contributed by atoms with Crippen LogP contribution in [0.25, 0.3) is 16.8 Å². The van der Waals surface area contributed by atoms with Crippen LogP contribution in [-0.4, -0.2) is 32.9 Å². The number of hydrogen-bond acceptors (Lipinski definition) is 5. The number of rotatable bonds is 7. The van der Waals surface area contributed by atoms with Crippen molar-refractivity contribution >= 4 is 40.6 Å². The molecule has 0 bridgehead atoms. The van der Waals surface area contributed by atoms with Crippen LogP contribution >= 0.6 is 23.4 Å². The maximum Gasteiger partial charge on any atom is 0.234 e. The first-order chi connectivity index (χ1) is 16.7. The molecule has 0 fully saturated rings. The number of carbonyl (C=O) groups is 1. The van der Waals surface area contributed by atoms with Crippen molar-refractivity contribution in [3.63, 3.8) is 0 Å². The predicted octanol–water partition coefficient (Wildman–Crippen LogP) is 6.79. The molecule has 4 rings (SSSR count). The zero-order chi connectivity index (χ0) is 25.2. The molecule has 0 aliphatic carbocycles. The third-order valence-corrected chi connectivity index (χ3v) is 6.68. The van der Waals surface area contributed by atoms with Gasteiger partial charge in [-0.15, -0.1) is 0 Å². The molecule has 0 saturated carbocycles. The van der Waals surface area contributed by atoms with Gasteiger partial charge in [-0.2, -0.15) is 5.10 Å². The van der Waals surface area contributed by atoms with Crippen LogP contribution < -0.4 is 10.1 Å². The zero-order valence-electron chi connectivity index (χ0n) is 20.6. The molecule has 0 aliphatic heterocycles. The highest BCUT2D eigenvalue weighted by Crippen LogP contribution is 2.33. The number of thioether (sulfide) groups is 1. The lowest BCUT2D eigenvalue weighted by molar-refractivity contribution is -0.113. The number of hydrogen-bond donors (Lipinski definition) is 1. The molecule has 1 N–H and O–H groups in total. The van der Waals surface area contributed by atoms with Crippen molar-refractivity contribution in [1.82, 2.24) is 14.6 Å². The number of ether oxygens (including phenoxy) is 1. The van der Waals surface area contributed by atoms with E-state index in [1.807, 2.05) is 73.0 Å². The quantitative estimate of drug-likeness (QED) is 0.220. The first kappa shape index (κ1) is 25.1. The number of aromatic nitrogens is 3. The summed E-state index contributed by atoms with van der Waals surface area (Å²) in [6, 6.07) is 17.1. The van der Waals surface area contributed by atoms with Crippen LogP contribution in [-0.2, 0) is 10.2 Å². The summed E-state index contributed by atoms with van der Waals surface area (Å²) in [5.41, 5.74) is 5.11. The number of anilines is 1. The first-order valence-electron chi connectivity index (χ1n) is 11.5. The minimum absolute atomic E-state index is 0.0942. The van der Waals surface area contributed by atoms with Crippen molar-refractivity contribution in [1.29, 1.82) is 0 Å². The second-order valence-electron chi connectivity index (χ2n) is 9.23. The highest BCUT2D eigenvalue weighted by molar-refractivity contribution is 7.99. The van der Waals surface area contributed by atoms with Crippen molar-refractivity contribution in [3.05, 3.63) is 71.0 Å². The largest absolute Gasteiger partial charge is 0.494 e. The van der Waals surface area contributed by atoms with Crippen molar-refractivity contribution in [2.45, 2.75) is 45.1 Å². The number of nitrogens with one attached hydrogen (secondary N) is 1. The molecule has 0 saturated heterocycles. The van der Waals surface area contributed by atoms with Gasteiger partial charge in [0.25, 0.3) is 0 Å². The molecule has 2 aromatic carbocycles. The molecule has 0 aliphatic rings. The van der Waals surface area contributed by atoms with E-state index in [1.165, 1.54) is 11.8 Å². The van der Waals surface area contributed by atoms with Gasteiger partial charge in [-0.1, -0.05) is 56.3 Å². The molecular formula is C27H29ClN4O2S. The molecule has 6 nitrogen and oxygen atoms in total. The molecule has 8 heteroatoms.